The van der Waals surface area contributed by atoms with Gasteiger partial charge < -0.3 is 16.0 Å². The maximum absolute atomic E-state index is 12.1. The van der Waals surface area contributed by atoms with Crippen LogP contribution in [0.1, 0.15) is 51.3 Å². The summed E-state index contributed by atoms with van der Waals surface area (Å²) in [6.07, 6.45) is 0.827. The monoisotopic (exact) mass is 508 g/mol. The van der Waals surface area contributed by atoms with Crippen molar-refractivity contribution >= 4 is 41.5 Å². The second kappa shape index (κ2) is 13.2. The molecule has 2 rings (SSSR count). The fourth-order valence-corrected chi connectivity index (χ4v) is 2.72. The number of aliphatic imine (C=N–C) groups is 1. The largest absolute Gasteiger partial charge is 0.357 e. The first kappa shape index (κ1) is 24.9. The van der Waals surface area contributed by atoms with E-state index >= 15 is 0 Å². The van der Waals surface area contributed by atoms with Gasteiger partial charge in [-0.25, -0.2) is 4.99 Å². The Hall–Kier alpha value is -2.09. The molecule has 3 N–H and O–H groups in total. The molecule has 0 aliphatic carbocycles. The first-order valence-electron chi connectivity index (χ1n) is 10.0. The van der Waals surface area contributed by atoms with Crippen molar-refractivity contribution in [2.75, 3.05) is 11.9 Å². The van der Waals surface area contributed by atoms with E-state index < -0.39 is 0 Å². The van der Waals surface area contributed by atoms with Gasteiger partial charge in [0, 0.05) is 18.2 Å². The highest BCUT2D eigenvalue weighted by Crippen LogP contribution is 2.14. The molecule has 0 saturated carbocycles. The summed E-state index contributed by atoms with van der Waals surface area (Å²) in [7, 11) is 0. The van der Waals surface area contributed by atoms with Gasteiger partial charge in [0.25, 0.3) is 0 Å². The number of nitrogens with one attached hydrogen (secondary N) is 3. The molecule has 0 spiro atoms. The van der Waals surface area contributed by atoms with Crippen molar-refractivity contribution in [1.29, 1.82) is 0 Å². The molecule has 0 saturated heterocycles. The van der Waals surface area contributed by atoms with Crippen LogP contribution in [0, 0.1) is 5.92 Å². The van der Waals surface area contributed by atoms with Crippen molar-refractivity contribution in [2.45, 2.75) is 46.7 Å². The fourth-order valence-electron chi connectivity index (χ4n) is 2.72. The Kier molecular flexibility index (Phi) is 11.3. The van der Waals surface area contributed by atoms with E-state index in [4.69, 9.17) is 4.99 Å². The zero-order valence-corrected chi connectivity index (χ0v) is 20.1. The van der Waals surface area contributed by atoms with E-state index in [1.165, 1.54) is 5.56 Å². The van der Waals surface area contributed by atoms with Crippen molar-refractivity contribution in [3.05, 3.63) is 65.7 Å². The van der Waals surface area contributed by atoms with Gasteiger partial charge in [0.1, 0.15) is 0 Å². The highest BCUT2D eigenvalue weighted by molar-refractivity contribution is 14.0. The van der Waals surface area contributed by atoms with E-state index in [-0.39, 0.29) is 41.8 Å². The number of hydrogen-bond donors (Lipinski definition) is 3. The van der Waals surface area contributed by atoms with Crippen molar-refractivity contribution < 1.29 is 4.79 Å². The van der Waals surface area contributed by atoms with Gasteiger partial charge in [-0.15, -0.1) is 24.0 Å². The summed E-state index contributed by atoms with van der Waals surface area (Å²) < 4.78 is 0. The number of amides is 1. The molecule has 6 heteroatoms. The van der Waals surface area contributed by atoms with Crippen LogP contribution in [0.4, 0.5) is 5.69 Å². The second-order valence-corrected chi connectivity index (χ2v) is 6.97. The van der Waals surface area contributed by atoms with Gasteiger partial charge in [-0.1, -0.05) is 56.3 Å². The van der Waals surface area contributed by atoms with E-state index in [1.807, 2.05) is 56.3 Å². The number of nitrogens with zero attached hydrogens (tertiary/aromatic N) is 1. The summed E-state index contributed by atoms with van der Waals surface area (Å²) in [5.41, 5.74) is 3.07. The Labute approximate surface area is 191 Å². The van der Waals surface area contributed by atoms with Gasteiger partial charge >= 0.3 is 0 Å². The molecule has 158 valence electrons. The molecule has 2 aromatic rings. The number of halogens is 1. The van der Waals surface area contributed by atoms with Crippen LogP contribution in [0.5, 0.6) is 0 Å². The van der Waals surface area contributed by atoms with Gasteiger partial charge in [0.2, 0.25) is 5.91 Å². The van der Waals surface area contributed by atoms with Crippen LogP contribution in [-0.2, 0) is 11.3 Å². The highest BCUT2D eigenvalue weighted by Gasteiger charge is 2.11. The Balaban J connectivity index is 0.00000420. The molecule has 0 aliphatic heterocycles. The molecule has 2 unspecified atom stereocenters. The second-order valence-electron chi connectivity index (χ2n) is 6.97. The summed E-state index contributed by atoms with van der Waals surface area (Å²) in [6, 6.07) is 18.3. The molecular weight excluding hydrogens is 475 g/mol. The van der Waals surface area contributed by atoms with Crippen molar-refractivity contribution in [3.8, 4) is 0 Å². The molecule has 0 fully saturated rings. The smallest absolute Gasteiger partial charge is 0.227 e. The van der Waals surface area contributed by atoms with E-state index in [2.05, 4.69) is 41.9 Å². The summed E-state index contributed by atoms with van der Waals surface area (Å²) in [6.45, 7) is 9.44. The van der Waals surface area contributed by atoms with Crippen molar-refractivity contribution in [1.82, 2.24) is 10.6 Å². The Bertz CT molecular complexity index is 779. The van der Waals surface area contributed by atoms with Crippen LogP contribution in [0.25, 0.3) is 0 Å². The van der Waals surface area contributed by atoms with Crippen LogP contribution < -0.4 is 16.0 Å². The lowest BCUT2D eigenvalue weighted by molar-refractivity contribution is -0.119. The fraction of sp³-hybridized carbons (Fsp3) is 0.391. The van der Waals surface area contributed by atoms with Gasteiger partial charge in [0.05, 0.1) is 12.6 Å². The summed E-state index contributed by atoms with van der Waals surface area (Å²) in [5, 5.41) is 9.72. The predicted molar refractivity (Wildman–Crippen MR) is 133 cm³/mol. The number of anilines is 1. The average Bonchev–Trinajstić information content (AvgIpc) is 2.72. The number of guanidine groups is 1. The molecule has 0 aliphatic rings. The molecule has 0 radical (unpaired) electrons. The lowest BCUT2D eigenvalue weighted by Gasteiger charge is -2.18. The third-order valence-corrected chi connectivity index (χ3v) is 4.67. The molecule has 0 aromatic heterocycles. The topological polar surface area (TPSA) is 65.5 Å². The minimum Gasteiger partial charge on any atom is -0.357 e. The highest BCUT2D eigenvalue weighted by atomic mass is 127. The first-order chi connectivity index (χ1) is 13.5. The third kappa shape index (κ3) is 8.43. The van der Waals surface area contributed by atoms with Crippen LogP contribution >= 0.6 is 24.0 Å². The maximum Gasteiger partial charge on any atom is 0.227 e. The molecule has 5 nitrogen and oxygen atoms in total. The average molecular weight is 508 g/mol. The molecule has 2 aromatic carbocycles. The third-order valence-electron chi connectivity index (χ3n) is 4.67. The zero-order chi connectivity index (χ0) is 20.4. The lowest BCUT2D eigenvalue weighted by atomic mass is 10.1. The molecule has 0 heterocycles. The predicted octanol–water partition coefficient (Wildman–Crippen LogP) is 5.11. The summed E-state index contributed by atoms with van der Waals surface area (Å²) in [5.74, 6) is 0.827. The quantitative estimate of drug-likeness (QED) is 0.264. The van der Waals surface area contributed by atoms with Gasteiger partial charge in [-0.05, 0) is 43.5 Å². The van der Waals surface area contributed by atoms with Crippen LogP contribution in [0.3, 0.4) is 0 Å². The number of hydrogen-bond acceptors (Lipinski definition) is 2. The molecule has 2 atom stereocenters. The number of carbonyl (C=O) groups is 1. The lowest BCUT2D eigenvalue weighted by Crippen LogP contribution is -2.38. The SMILES string of the molecule is CCNC(=NCc1cccc(NC(=O)C(C)CC)c1)NC(C)c1ccccc1.I. The number of carbonyl (C=O) groups excluding carboxylic acids is 1. The zero-order valence-electron chi connectivity index (χ0n) is 17.7. The summed E-state index contributed by atoms with van der Waals surface area (Å²) >= 11 is 0. The first-order valence-corrected chi connectivity index (χ1v) is 10.0. The Morgan fingerprint density at radius 2 is 1.76 bits per heavy atom. The Morgan fingerprint density at radius 3 is 2.41 bits per heavy atom. The van der Waals surface area contributed by atoms with Crippen LogP contribution in [0.2, 0.25) is 0 Å². The van der Waals surface area contributed by atoms with Crippen LogP contribution in [-0.4, -0.2) is 18.4 Å². The van der Waals surface area contributed by atoms with E-state index in [9.17, 15) is 4.79 Å². The summed E-state index contributed by atoms with van der Waals surface area (Å²) in [4.78, 5) is 16.8. The van der Waals surface area contributed by atoms with E-state index in [0.717, 1.165) is 30.2 Å². The minimum atomic E-state index is 0. The normalized spacial score (nSPS) is 13.0. The van der Waals surface area contributed by atoms with Crippen LogP contribution in [0.15, 0.2) is 59.6 Å². The van der Waals surface area contributed by atoms with Gasteiger partial charge in [-0.3, -0.25) is 4.79 Å². The molecule has 1 amide bonds. The van der Waals surface area contributed by atoms with Crippen molar-refractivity contribution in [2.24, 2.45) is 10.9 Å². The molecule has 29 heavy (non-hydrogen) atoms. The number of rotatable bonds is 8. The van der Waals surface area contributed by atoms with Crippen molar-refractivity contribution in [3.63, 3.8) is 0 Å². The minimum absolute atomic E-state index is 0. The standard InChI is InChI=1S/C23H32N4O.HI/c1-5-17(3)22(28)27-21-14-10-11-19(15-21)16-25-23(24-6-2)26-18(4)20-12-8-7-9-13-20;/h7-15,17-18H,5-6,16H2,1-4H3,(H,27,28)(H2,24,25,26);1H. The maximum atomic E-state index is 12.1. The number of benzene rings is 2. The molecular formula is C23H33IN4O. The van der Waals surface area contributed by atoms with Gasteiger partial charge in [-0.2, -0.15) is 0 Å². The molecule has 0 bridgehead atoms. The Morgan fingerprint density at radius 1 is 1.03 bits per heavy atom. The van der Waals surface area contributed by atoms with E-state index in [1.54, 1.807) is 0 Å². The van der Waals surface area contributed by atoms with Gasteiger partial charge in [0.15, 0.2) is 5.96 Å². The van der Waals surface area contributed by atoms with E-state index in [0.29, 0.717) is 6.54 Å².